The molecule has 8 heteroatoms. The Bertz CT molecular complexity index is 1190. The van der Waals surface area contributed by atoms with Crippen molar-refractivity contribution in [3.8, 4) is 0 Å². The van der Waals surface area contributed by atoms with Crippen molar-refractivity contribution in [3.63, 3.8) is 0 Å². The number of rotatable bonds is 8. The van der Waals surface area contributed by atoms with Gasteiger partial charge >= 0.3 is 5.97 Å². The van der Waals surface area contributed by atoms with Crippen molar-refractivity contribution in [1.82, 2.24) is 4.90 Å². The molecular formula is C39H65NO7. The number of methoxy groups -OCH3 is 1. The zero-order valence-electron chi connectivity index (χ0n) is 30.9. The lowest BCUT2D eigenvalue weighted by molar-refractivity contribution is -0.246. The van der Waals surface area contributed by atoms with Crippen molar-refractivity contribution in [1.29, 1.82) is 0 Å². The summed E-state index contributed by atoms with van der Waals surface area (Å²) in [4.78, 5) is 14.5. The number of fused-ring (bicyclic) bond motifs is 4. The summed E-state index contributed by atoms with van der Waals surface area (Å²) in [5.41, 5.74) is 0.0814. The summed E-state index contributed by atoms with van der Waals surface area (Å²) in [6, 6.07) is 0. The SMILES string of the molecule is COCCN1CCOC(OC2CCC34C(CCC5C6CC7OC(C(OC(C)=O)C(C)(C)O)CC(C)C7C6(C)CCC53C4C)C2(C)C)C1. The largest absolute Gasteiger partial charge is 0.457 e. The predicted molar refractivity (Wildman–Crippen MR) is 179 cm³/mol. The van der Waals surface area contributed by atoms with Crippen LogP contribution in [0.15, 0.2) is 0 Å². The van der Waals surface area contributed by atoms with E-state index >= 15 is 0 Å². The van der Waals surface area contributed by atoms with Crippen molar-refractivity contribution >= 4 is 5.97 Å². The molecule has 47 heavy (non-hydrogen) atoms. The van der Waals surface area contributed by atoms with Crippen LogP contribution in [0, 0.1) is 57.2 Å². The molecule has 0 amide bonds. The average Bonchev–Trinajstić information content (AvgIpc) is 3.36. The van der Waals surface area contributed by atoms with Crippen LogP contribution in [0.2, 0.25) is 0 Å². The van der Waals surface area contributed by atoms with E-state index in [9.17, 15) is 9.90 Å². The van der Waals surface area contributed by atoms with Crippen molar-refractivity contribution in [3.05, 3.63) is 0 Å². The van der Waals surface area contributed by atoms with Gasteiger partial charge in [-0.05, 0) is 122 Å². The van der Waals surface area contributed by atoms with Gasteiger partial charge in [-0.1, -0.05) is 34.6 Å². The van der Waals surface area contributed by atoms with Gasteiger partial charge in [-0.3, -0.25) is 9.69 Å². The second kappa shape index (κ2) is 11.9. The number of aliphatic hydroxyl groups is 1. The number of hydrogen-bond acceptors (Lipinski definition) is 8. The molecule has 5 saturated carbocycles. The van der Waals surface area contributed by atoms with Crippen LogP contribution in [0.1, 0.15) is 107 Å². The standard InChI is InChI=1S/C39H65NO7/c1-23-20-29(34(36(6,7)42)45-25(3)41)46-28-21-27-26-10-11-30-35(4,5)31(47-32-22-40(16-18-43-9)17-19-44-32)12-13-39(30)24(2)38(26,39)15-14-37(27,8)33(23)28/h23-24,26-34,42H,10-22H2,1-9H3. The highest BCUT2D eigenvalue weighted by Crippen LogP contribution is 2.89. The fourth-order valence-corrected chi connectivity index (χ4v) is 14.2. The molecule has 2 spiro atoms. The molecule has 268 valence electrons. The van der Waals surface area contributed by atoms with E-state index in [1.54, 1.807) is 21.0 Å². The topological polar surface area (TPSA) is 86.7 Å². The number of esters is 1. The third kappa shape index (κ3) is 5.14. The third-order valence-corrected chi connectivity index (χ3v) is 15.9. The Morgan fingerprint density at radius 1 is 1.04 bits per heavy atom. The molecule has 0 radical (unpaired) electrons. The van der Waals surface area contributed by atoms with Crippen LogP contribution in [-0.4, -0.2) is 92.2 Å². The first-order valence-electron chi connectivity index (χ1n) is 19.1. The molecule has 0 aromatic heterocycles. The van der Waals surface area contributed by atoms with E-state index in [0.717, 1.165) is 63.9 Å². The quantitative estimate of drug-likeness (QED) is 0.314. The monoisotopic (exact) mass is 659 g/mol. The van der Waals surface area contributed by atoms with Crippen molar-refractivity contribution in [2.75, 3.05) is 40.0 Å². The van der Waals surface area contributed by atoms with E-state index in [2.05, 4.69) is 39.5 Å². The first kappa shape index (κ1) is 34.7. The summed E-state index contributed by atoms with van der Waals surface area (Å²) in [5.74, 6) is 3.47. The van der Waals surface area contributed by atoms with Crippen LogP contribution in [-0.2, 0) is 28.5 Å². The van der Waals surface area contributed by atoms with Crippen LogP contribution < -0.4 is 0 Å². The Morgan fingerprint density at radius 2 is 1.81 bits per heavy atom. The summed E-state index contributed by atoms with van der Waals surface area (Å²) in [5, 5.41) is 11.0. The van der Waals surface area contributed by atoms with Crippen LogP contribution in [0.25, 0.3) is 0 Å². The van der Waals surface area contributed by atoms with Gasteiger partial charge in [0.15, 0.2) is 12.4 Å². The highest BCUT2D eigenvalue weighted by atomic mass is 16.7. The van der Waals surface area contributed by atoms with Crippen LogP contribution >= 0.6 is 0 Å². The molecule has 14 atom stereocenters. The normalized spacial score (nSPS) is 49.5. The minimum Gasteiger partial charge on any atom is -0.457 e. The van der Waals surface area contributed by atoms with Crippen LogP contribution in [0.4, 0.5) is 0 Å². The van der Waals surface area contributed by atoms with Gasteiger partial charge < -0.3 is 28.8 Å². The minimum absolute atomic E-state index is 0.108. The van der Waals surface area contributed by atoms with Gasteiger partial charge in [0.1, 0.15) is 0 Å². The highest BCUT2D eigenvalue weighted by molar-refractivity contribution is 5.66. The average molecular weight is 660 g/mol. The Kier molecular flexibility index (Phi) is 8.78. The van der Waals surface area contributed by atoms with Crippen LogP contribution in [0.3, 0.4) is 0 Å². The smallest absolute Gasteiger partial charge is 0.303 e. The van der Waals surface area contributed by atoms with Gasteiger partial charge in [-0.2, -0.15) is 0 Å². The van der Waals surface area contributed by atoms with Crippen molar-refractivity contribution in [2.24, 2.45) is 57.2 Å². The molecule has 7 aliphatic rings. The fraction of sp³-hybridized carbons (Fsp3) is 0.974. The van der Waals surface area contributed by atoms with Gasteiger partial charge in [0.05, 0.1) is 37.1 Å². The number of carbonyl (C=O) groups is 1. The van der Waals surface area contributed by atoms with E-state index in [-0.39, 0.29) is 41.4 Å². The maximum absolute atomic E-state index is 12.1. The molecule has 14 unspecified atom stereocenters. The zero-order chi connectivity index (χ0) is 33.7. The summed E-state index contributed by atoms with van der Waals surface area (Å²) in [6.07, 6.45) is 8.90. The third-order valence-electron chi connectivity index (χ3n) is 15.9. The Balaban J connectivity index is 1.09. The molecular weight excluding hydrogens is 594 g/mol. The number of ether oxygens (including phenoxy) is 5. The Hall–Kier alpha value is -0.770. The van der Waals surface area contributed by atoms with E-state index < -0.39 is 11.7 Å². The molecule has 2 aliphatic heterocycles. The lowest BCUT2D eigenvalue weighted by Crippen LogP contribution is -2.57. The summed E-state index contributed by atoms with van der Waals surface area (Å²) >= 11 is 0. The van der Waals surface area contributed by atoms with Gasteiger partial charge in [0, 0.05) is 33.7 Å². The Labute approximate surface area is 284 Å². The fourth-order valence-electron chi connectivity index (χ4n) is 14.2. The van der Waals surface area contributed by atoms with Gasteiger partial charge in [0.25, 0.3) is 0 Å². The molecule has 5 aliphatic carbocycles. The van der Waals surface area contributed by atoms with Gasteiger partial charge in [-0.25, -0.2) is 0 Å². The van der Waals surface area contributed by atoms with E-state index in [1.807, 2.05) is 0 Å². The first-order chi connectivity index (χ1) is 22.1. The maximum Gasteiger partial charge on any atom is 0.303 e. The minimum atomic E-state index is -1.15. The molecule has 1 N–H and O–H groups in total. The molecule has 7 rings (SSSR count). The molecule has 2 heterocycles. The van der Waals surface area contributed by atoms with Gasteiger partial charge in [0.2, 0.25) is 0 Å². The second-order valence-electron chi connectivity index (χ2n) is 18.6. The number of nitrogens with zero attached hydrogens (tertiary/aromatic N) is 1. The number of hydrogen-bond donors (Lipinski definition) is 1. The molecule has 8 nitrogen and oxygen atoms in total. The van der Waals surface area contributed by atoms with Gasteiger partial charge in [-0.15, -0.1) is 0 Å². The molecule has 0 aromatic rings. The lowest BCUT2D eigenvalue weighted by Gasteiger charge is -2.60. The van der Waals surface area contributed by atoms with E-state index in [1.165, 1.54) is 39.0 Å². The van der Waals surface area contributed by atoms with E-state index in [0.29, 0.717) is 34.5 Å². The maximum atomic E-state index is 12.1. The van der Waals surface area contributed by atoms with E-state index in [4.69, 9.17) is 23.7 Å². The lowest BCUT2D eigenvalue weighted by atomic mass is 9.46. The summed E-state index contributed by atoms with van der Waals surface area (Å²) in [6.45, 7) is 21.8. The molecule has 0 bridgehead atoms. The van der Waals surface area contributed by atoms with Crippen molar-refractivity contribution < 1.29 is 33.6 Å². The second-order valence-corrected chi connectivity index (χ2v) is 18.6. The number of morpholine rings is 1. The zero-order valence-corrected chi connectivity index (χ0v) is 30.9. The summed E-state index contributed by atoms with van der Waals surface area (Å²) < 4.78 is 31.1. The first-order valence-corrected chi connectivity index (χ1v) is 19.1. The molecule has 7 fully saturated rings. The molecule has 2 saturated heterocycles. The summed E-state index contributed by atoms with van der Waals surface area (Å²) in [7, 11) is 1.77. The Morgan fingerprint density at radius 3 is 2.51 bits per heavy atom. The van der Waals surface area contributed by atoms with Crippen molar-refractivity contribution in [2.45, 2.75) is 143 Å². The number of carbonyl (C=O) groups excluding carboxylic acids is 1. The van der Waals surface area contributed by atoms with Crippen LogP contribution in [0.5, 0.6) is 0 Å². The predicted octanol–water partition coefficient (Wildman–Crippen LogP) is 6.08. The highest BCUT2D eigenvalue weighted by Gasteiger charge is 2.85. The molecule has 0 aromatic carbocycles.